The van der Waals surface area contributed by atoms with Crippen LogP contribution in [-0.4, -0.2) is 21.9 Å². The molecule has 2 N–H and O–H groups in total. The molecule has 3 aromatic rings. The van der Waals surface area contributed by atoms with Gasteiger partial charge in [0.1, 0.15) is 0 Å². The van der Waals surface area contributed by atoms with Crippen molar-refractivity contribution in [3.8, 4) is 0 Å². The van der Waals surface area contributed by atoms with Crippen LogP contribution in [0, 0.1) is 0 Å². The highest BCUT2D eigenvalue weighted by atomic mass is 19.4. The molecule has 3 rings (SSSR count). The Labute approximate surface area is 163 Å². The molecule has 2 nitrogen and oxygen atoms in total. The number of halogens is 3. The monoisotopic (exact) mass is 389 g/mol. The number of aliphatic hydroxyl groups is 1. The second kappa shape index (κ2) is 7.28. The normalized spacial score (nSPS) is 15.0. The highest BCUT2D eigenvalue weighted by Gasteiger charge is 2.56. The van der Waals surface area contributed by atoms with Crippen LogP contribution in [0.1, 0.15) is 44.0 Å². The summed E-state index contributed by atoms with van der Waals surface area (Å²) in [6, 6.07) is 16.6. The number of H-pyrrole nitrogens is 1. The fraction of sp³-hybridized carbons (Fsp3) is 0.391. The Bertz CT molecular complexity index is 925. The minimum absolute atomic E-state index is 0.374. The number of nitrogens with one attached hydrogen (secondary N) is 1. The zero-order valence-electron chi connectivity index (χ0n) is 16.4. The topological polar surface area (TPSA) is 36.0 Å². The van der Waals surface area contributed by atoms with Crippen LogP contribution in [0.3, 0.4) is 0 Å². The molecular weight excluding hydrogens is 363 g/mol. The number of rotatable bonds is 6. The van der Waals surface area contributed by atoms with Gasteiger partial charge in [-0.25, -0.2) is 0 Å². The number of aromatic amines is 1. The van der Waals surface area contributed by atoms with Gasteiger partial charge >= 0.3 is 6.18 Å². The second-order valence-electron chi connectivity index (χ2n) is 8.20. The highest BCUT2D eigenvalue weighted by molar-refractivity contribution is 5.80. The molecule has 28 heavy (non-hydrogen) atoms. The molecule has 0 saturated heterocycles. The fourth-order valence-corrected chi connectivity index (χ4v) is 3.85. The molecule has 0 bridgehead atoms. The van der Waals surface area contributed by atoms with E-state index < -0.39 is 30.0 Å². The van der Waals surface area contributed by atoms with E-state index in [1.807, 2.05) is 55.5 Å². The van der Waals surface area contributed by atoms with Gasteiger partial charge in [0.15, 0.2) is 5.60 Å². The third kappa shape index (κ3) is 4.09. The summed E-state index contributed by atoms with van der Waals surface area (Å²) in [5, 5.41) is 11.6. The number of para-hydroxylation sites is 1. The first-order valence-electron chi connectivity index (χ1n) is 9.49. The van der Waals surface area contributed by atoms with Gasteiger partial charge in [-0.05, 0) is 46.9 Å². The van der Waals surface area contributed by atoms with Crippen LogP contribution in [0.2, 0.25) is 0 Å². The van der Waals surface area contributed by atoms with E-state index in [9.17, 15) is 18.3 Å². The van der Waals surface area contributed by atoms with Crippen LogP contribution in [0.25, 0.3) is 10.9 Å². The van der Waals surface area contributed by atoms with Gasteiger partial charge in [0, 0.05) is 17.6 Å². The van der Waals surface area contributed by atoms with Gasteiger partial charge in [-0.1, -0.05) is 63.2 Å². The average molecular weight is 389 g/mol. The molecule has 0 aliphatic heterocycles. The predicted octanol–water partition coefficient (Wildman–Crippen LogP) is 5.93. The van der Waals surface area contributed by atoms with Crippen LogP contribution >= 0.6 is 0 Å². The molecule has 0 amide bonds. The van der Waals surface area contributed by atoms with E-state index in [2.05, 4.69) is 4.98 Å². The molecule has 150 valence electrons. The molecule has 0 radical (unpaired) electrons. The first-order chi connectivity index (χ1) is 13.0. The lowest BCUT2D eigenvalue weighted by molar-refractivity contribution is -0.266. The minimum Gasteiger partial charge on any atom is -0.380 e. The number of benzene rings is 2. The SMILES string of the molecule is CCc1cccc(C(C)(C)CC(O)(Cc2cc3ccccc3[nH]2)C(F)(F)F)c1. The van der Waals surface area contributed by atoms with Gasteiger partial charge in [0.2, 0.25) is 0 Å². The Kier molecular flexibility index (Phi) is 5.32. The van der Waals surface area contributed by atoms with Crippen molar-refractivity contribution >= 4 is 10.9 Å². The molecule has 0 spiro atoms. The summed E-state index contributed by atoms with van der Waals surface area (Å²) in [6.45, 7) is 5.52. The van der Waals surface area contributed by atoms with E-state index in [0.29, 0.717) is 5.69 Å². The Hall–Kier alpha value is -2.27. The molecule has 5 heteroatoms. The van der Waals surface area contributed by atoms with Crippen molar-refractivity contribution in [2.75, 3.05) is 0 Å². The van der Waals surface area contributed by atoms with E-state index in [0.717, 1.165) is 28.5 Å². The van der Waals surface area contributed by atoms with E-state index in [-0.39, 0.29) is 0 Å². The number of hydrogen-bond acceptors (Lipinski definition) is 1. The lowest BCUT2D eigenvalue weighted by Crippen LogP contribution is -2.50. The number of alkyl halides is 3. The number of aromatic nitrogens is 1. The molecule has 1 unspecified atom stereocenters. The van der Waals surface area contributed by atoms with Crippen molar-refractivity contribution in [2.45, 2.75) is 57.2 Å². The Balaban J connectivity index is 1.94. The summed E-state index contributed by atoms with van der Waals surface area (Å²) in [5.74, 6) is 0. The molecule has 0 fully saturated rings. The molecule has 0 saturated carbocycles. The molecule has 1 aromatic heterocycles. The molecule has 0 aliphatic carbocycles. The smallest absolute Gasteiger partial charge is 0.380 e. The minimum atomic E-state index is -4.75. The number of fused-ring (bicyclic) bond motifs is 1. The molecule has 1 atom stereocenters. The highest BCUT2D eigenvalue weighted by Crippen LogP contribution is 2.43. The number of hydrogen-bond donors (Lipinski definition) is 2. The standard InChI is InChI=1S/C23H26F3NO/c1-4-16-8-7-10-18(12-16)21(2,3)15-22(28,23(24,25)26)14-19-13-17-9-5-6-11-20(17)27-19/h5-13,27-28H,4,14-15H2,1-3H3. The van der Waals surface area contributed by atoms with Crippen molar-refractivity contribution in [1.29, 1.82) is 0 Å². The van der Waals surface area contributed by atoms with Crippen molar-refractivity contribution < 1.29 is 18.3 Å². The van der Waals surface area contributed by atoms with Crippen molar-refractivity contribution in [1.82, 2.24) is 4.98 Å². The summed E-state index contributed by atoms with van der Waals surface area (Å²) in [4.78, 5) is 3.01. The first kappa shape index (κ1) is 20.5. The zero-order chi connectivity index (χ0) is 20.6. The van der Waals surface area contributed by atoms with Crippen LogP contribution in [0.4, 0.5) is 13.2 Å². The van der Waals surface area contributed by atoms with E-state index in [1.54, 1.807) is 19.9 Å². The van der Waals surface area contributed by atoms with E-state index in [1.165, 1.54) is 0 Å². The van der Waals surface area contributed by atoms with Crippen LogP contribution in [0.5, 0.6) is 0 Å². The quantitative estimate of drug-likeness (QED) is 0.538. The molecule has 2 aromatic carbocycles. The van der Waals surface area contributed by atoms with Gasteiger partial charge in [-0.2, -0.15) is 13.2 Å². The summed E-state index contributed by atoms with van der Waals surface area (Å²) < 4.78 is 41.9. The predicted molar refractivity (Wildman–Crippen MR) is 106 cm³/mol. The third-order valence-electron chi connectivity index (χ3n) is 5.45. The summed E-state index contributed by atoms with van der Waals surface area (Å²) >= 11 is 0. The number of aryl methyl sites for hydroxylation is 1. The third-order valence-corrected chi connectivity index (χ3v) is 5.45. The largest absolute Gasteiger partial charge is 0.417 e. The Morgan fingerprint density at radius 3 is 2.32 bits per heavy atom. The molecule has 1 heterocycles. The van der Waals surface area contributed by atoms with E-state index in [4.69, 9.17) is 0 Å². The maximum Gasteiger partial charge on any atom is 0.417 e. The van der Waals surface area contributed by atoms with Gasteiger partial charge in [-0.3, -0.25) is 0 Å². The van der Waals surface area contributed by atoms with E-state index >= 15 is 0 Å². The summed E-state index contributed by atoms with van der Waals surface area (Å²) in [7, 11) is 0. The maximum atomic E-state index is 14.0. The second-order valence-corrected chi connectivity index (χ2v) is 8.20. The first-order valence-corrected chi connectivity index (χ1v) is 9.49. The summed E-state index contributed by atoms with van der Waals surface area (Å²) in [5.41, 5.74) is -0.680. The lowest BCUT2D eigenvalue weighted by atomic mass is 9.73. The van der Waals surface area contributed by atoms with Gasteiger partial charge in [-0.15, -0.1) is 0 Å². The average Bonchev–Trinajstić information content (AvgIpc) is 3.02. The van der Waals surface area contributed by atoms with Crippen LogP contribution in [0.15, 0.2) is 54.6 Å². The van der Waals surface area contributed by atoms with Crippen molar-refractivity contribution in [3.05, 3.63) is 71.4 Å². The fourth-order valence-electron chi connectivity index (χ4n) is 3.85. The van der Waals surface area contributed by atoms with Crippen LogP contribution < -0.4 is 0 Å². The zero-order valence-corrected chi connectivity index (χ0v) is 16.4. The van der Waals surface area contributed by atoms with Crippen molar-refractivity contribution in [2.24, 2.45) is 0 Å². The summed E-state index contributed by atoms with van der Waals surface area (Å²) in [6.07, 6.45) is -4.87. The lowest BCUT2D eigenvalue weighted by Gasteiger charge is -2.38. The molecule has 0 aliphatic rings. The Morgan fingerprint density at radius 1 is 0.964 bits per heavy atom. The molecular formula is C23H26F3NO. The van der Waals surface area contributed by atoms with Gasteiger partial charge in [0.05, 0.1) is 0 Å². The Morgan fingerprint density at radius 2 is 1.68 bits per heavy atom. The maximum absolute atomic E-state index is 14.0. The van der Waals surface area contributed by atoms with Gasteiger partial charge in [0.25, 0.3) is 0 Å². The van der Waals surface area contributed by atoms with Crippen molar-refractivity contribution in [3.63, 3.8) is 0 Å². The van der Waals surface area contributed by atoms with Crippen LogP contribution in [-0.2, 0) is 18.3 Å². The van der Waals surface area contributed by atoms with Gasteiger partial charge < -0.3 is 10.1 Å².